The van der Waals surface area contributed by atoms with Crippen molar-refractivity contribution in [3.05, 3.63) is 53.6 Å². The number of carbonyl (C=O) groups excluding carboxylic acids is 1. The first-order valence-corrected chi connectivity index (χ1v) is 7.92. The predicted octanol–water partition coefficient (Wildman–Crippen LogP) is 3.52. The van der Waals surface area contributed by atoms with Crippen molar-refractivity contribution in [2.45, 2.75) is 6.92 Å². The van der Waals surface area contributed by atoms with Gasteiger partial charge in [-0.25, -0.2) is 0 Å². The maximum absolute atomic E-state index is 11.7. The molecule has 0 aliphatic rings. The van der Waals surface area contributed by atoms with E-state index in [0.717, 1.165) is 11.1 Å². The van der Waals surface area contributed by atoms with Crippen molar-refractivity contribution in [1.82, 2.24) is 5.32 Å². The Morgan fingerprint density at radius 3 is 2.54 bits per heavy atom. The van der Waals surface area contributed by atoms with Crippen LogP contribution in [0.4, 0.5) is 0 Å². The fourth-order valence-electron chi connectivity index (χ4n) is 1.99. The van der Waals surface area contributed by atoms with E-state index in [4.69, 9.17) is 22.1 Å². The largest absolute Gasteiger partial charge is 0.482 e. The number of nitrogens with one attached hydrogen (secondary N) is 1. The second-order valence-corrected chi connectivity index (χ2v) is 5.85. The molecule has 0 aliphatic carbocycles. The average Bonchev–Trinajstić information content (AvgIpc) is 2.59. The van der Waals surface area contributed by atoms with Crippen LogP contribution in [0.1, 0.15) is 6.92 Å². The number of amides is 1. The zero-order valence-corrected chi connectivity index (χ0v) is 15.1. The number of carbonyl (C=O) groups is 1. The number of halogens is 2. The lowest BCUT2D eigenvalue weighted by molar-refractivity contribution is -0.123. The van der Waals surface area contributed by atoms with Gasteiger partial charge in [-0.2, -0.15) is 0 Å². The van der Waals surface area contributed by atoms with E-state index in [1.807, 2.05) is 49.4 Å². The Bertz CT molecular complexity index is 651. The van der Waals surface area contributed by atoms with Gasteiger partial charge in [-0.15, -0.1) is 12.4 Å². The summed E-state index contributed by atoms with van der Waals surface area (Å²) in [6, 6.07) is 15.5. The van der Waals surface area contributed by atoms with Gasteiger partial charge in [0.1, 0.15) is 5.75 Å². The SMILES string of the molecule is CC(CN)CNC(=O)COc1ccc(-c2ccccc2)cc1Cl.Cl. The fraction of sp³-hybridized carbons (Fsp3) is 0.278. The van der Waals surface area contributed by atoms with Gasteiger partial charge in [0.2, 0.25) is 0 Å². The summed E-state index contributed by atoms with van der Waals surface area (Å²) in [5, 5.41) is 3.25. The minimum atomic E-state index is -0.187. The second kappa shape index (κ2) is 10.2. The van der Waals surface area contributed by atoms with Crippen LogP contribution in [0, 0.1) is 5.92 Å². The van der Waals surface area contributed by atoms with Crippen molar-refractivity contribution in [3.63, 3.8) is 0 Å². The van der Waals surface area contributed by atoms with Gasteiger partial charge < -0.3 is 15.8 Å². The molecule has 0 saturated heterocycles. The zero-order chi connectivity index (χ0) is 16.7. The Hall–Kier alpha value is -1.75. The molecule has 2 aromatic carbocycles. The molecule has 0 spiro atoms. The third-order valence-electron chi connectivity index (χ3n) is 3.45. The summed E-state index contributed by atoms with van der Waals surface area (Å²) in [5.74, 6) is 0.551. The summed E-state index contributed by atoms with van der Waals surface area (Å²) < 4.78 is 5.48. The highest BCUT2D eigenvalue weighted by Gasteiger charge is 2.08. The van der Waals surface area contributed by atoms with Crippen LogP contribution in [0.25, 0.3) is 11.1 Å². The Balaban J connectivity index is 0.00000288. The molecule has 0 radical (unpaired) electrons. The van der Waals surface area contributed by atoms with Crippen LogP contribution in [0.15, 0.2) is 48.5 Å². The van der Waals surface area contributed by atoms with E-state index in [-0.39, 0.29) is 30.8 Å². The van der Waals surface area contributed by atoms with Gasteiger partial charge in [-0.05, 0) is 35.7 Å². The molecular weight excluding hydrogens is 347 g/mol. The molecule has 0 aliphatic heterocycles. The van der Waals surface area contributed by atoms with Gasteiger partial charge in [-0.3, -0.25) is 4.79 Å². The molecular formula is C18H22Cl2N2O2. The molecule has 6 heteroatoms. The van der Waals surface area contributed by atoms with E-state index in [0.29, 0.717) is 23.9 Å². The minimum absolute atomic E-state index is 0. The lowest BCUT2D eigenvalue weighted by Crippen LogP contribution is -2.34. The second-order valence-electron chi connectivity index (χ2n) is 5.44. The van der Waals surface area contributed by atoms with Crippen molar-refractivity contribution in [2.24, 2.45) is 11.7 Å². The smallest absolute Gasteiger partial charge is 0.257 e. The van der Waals surface area contributed by atoms with E-state index >= 15 is 0 Å². The summed E-state index contributed by atoms with van der Waals surface area (Å²) in [6.45, 7) is 2.98. The van der Waals surface area contributed by atoms with Gasteiger partial charge in [0, 0.05) is 6.54 Å². The lowest BCUT2D eigenvalue weighted by atomic mass is 10.1. The standard InChI is InChI=1S/C18H21ClN2O2.ClH/c1-13(10-20)11-21-18(22)12-23-17-8-7-15(9-16(17)19)14-5-3-2-4-6-14;/h2-9,13H,10-12,20H2,1H3,(H,21,22);1H. The average molecular weight is 369 g/mol. The molecule has 2 aromatic rings. The fourth-order valence-corrected chi connectivity index (χ4v) is 2.23. The first kappa shape index (κ1) is 20.3. The van der Waals surface area contributed by atoms with E-state index in [9.17, 15) is 4.79 Å². The third-order valence-corrected chi connectivity index (χ3v) is 3.74. The number of hydrogen-bond donors (Lipinski definition) is 2. The number of rotatable bonds is 7. The monoisotopic (exact) mass is 368 g/mol. The normalized spacial score (nSPS) is 11.3. The lowest BCUT2D eigenvalue weighted by Gasteiger charge is -2.12. The summed E-state index contributed by atoms with van der Waals surface area (Å²) >= 11 is 6.24. The summed E-state index contributed by atoms with van der Waals surface area (Å²) in [7, 11) is 0. The van der Waals surface area contributed by atoms with E-state index < -0.39 is 0 Å². The molecule has 1 unspecified atom stereocenters. The Morgan fingerprint density at radius 2 is 1.92 bits per heavy atom. The van der Waals surface area contributed by atoms with Crippen molar-refractivity contribution in [3.8, 4) is 16.9 Å². The molecule has 24 heavy (non-hydrogen) atoms. The molecule has 0 bridgehead atoms. The predicted molar refractivity (Wildman–Crippen MR) is 101 cm³/mol. The minimum Gasteiger partial charge on any atom is -0.482 e. The molecule has 0 saturated carbocycles. The Labute approximate surface area is 153 Å². The van der Waals surface area contributed by atoms with Crippen molar-refractivity contribution in [2.75, 3.05) is 19.7 Å². The highest BCUT2D eigenvalue weighted by molar-refractivity contribution is 6.32. The van der Waals surface area contributed by atoms with Gasteiger partial charge in [-0.1, -0.05) is 54.9 Å². The maximum Gasteiger partial charge on any atom is 0.257 e. The topological polar surface area (TPSA) is 64.3 Å². The highest BCUT2D eigenvalue weighted by Crippen LogP contribution is 2.30. The number of hydrogen-bond acceptors (Lipinski definition) is 3. The van der Waals surface area contributed by atoms with E-state index in [2.05, 4.69) is 5.32 Å². The summed E-state index contributed by atoms with van der Waals surface area (Å²) in [4.78, 5) is 11.7. The van der Waals surface area contributed by atoms with Gasteiger partial charge >= 0.3 is 0 Å². The maximum atomic E-state index is 11.7. The van der Waals surface area contributed by atoms with Crippen molar-refractivity contribution < 1.29 is 9.53 Å². The molecule has 4 nitrogen and oxygen atoms in total. The molecule has 2 rings (SSSR count). The zero-order valence-electron chi connectivity index (χ0n) is 13.5. The highest BCUT2D eigenvalue weighted by atomic mass is 35.5. The van der Waals surface area contributed by atoms with Crippen molar-refractivity contribution >= 4 is 29.9 Å². The Kier molecular flexibility index (Phi) is 8.61. The van der Waals surface area contributed by atoms with Crippen LogP contribution < -0.4 is 15.8 Å². The first-order chi connectivity index (χ1) is 11.1. The summed E-state index contributed by atoms with van der Waals surface area (Å²) in [5.41, 5.74) is 7.59. The van der Waals surface area contributed by atoms with Crippen LogP contribution in [-0.2, 0) is 4.79 Å². The van der Waals surface area contributed by atoms with Crippen LogP contribution in [0.3, 0.4) is 0 Å². The molecule has 0 aromatic heterocycles. The molecule has 0 fully saturated rings. The quantitative estimate of drug-likeness (QED) is 0.785. The third kappa shape index (κ3) is 6.04. The Morgan fingerprint density at radius 1 is 1.21 bits per heavy atom. The van der Waals surface area contributed by atoms with Crippen LogP contribution in [-0.4, -0.2) is 25.6 Å². The molecule has 130 valence electrons. The first-order valence-electron chi connectivity index (χ1n) is 7.54. The van der Waals surface area contributed by atoms with Crippen LogP contribution in [0.2, 0.25) is 5.02 Å². The van der Waals surface area contributed by atoms with E-state index in [1.165, 1.54) is 0 Å². The van der Waals surface area contributed by atoms with Crippen LogP contribution in [0.5, 0.6) is 5.75 Å². The van der Waals surface area contributed by atoms with Gasteiger partial charge in [0.15, 0.2) is 6.61 Å². The van der Waals surface area contributed by atoms with Gasteiger partial charge in [0.05, 0.1) is 5.02 Å². The number of benzene rings is 2. The molecule has 3 N–H and O–H groups in total. The van der Waals surface area contributed by atoms with E-state index in [1.54, 1.807) is 6.07 Å². The van der Waals surface area contributed by atoms with Gasteiger partial charge in [0.25, 0.3) is 5.91 Å². The van der Waals surface area contributed by atoms with Crippen molar-refractivity contribution in [1.29, 1.82) is 0 Å². The molecule has 1 amide bonds. The summed E-state index contributed by atoms with van der Waals surface area (Å²) in [6.07, 6.45) is 0. The number of ether oxygens (including phenoxy) is 1. The number of nitrogens with two attached hydrogens (primary N) is 1. The molecule has 0 heterocycles. The van der Waals surface area contributed by atoms with Crippen LogP contribution >= 0.6 is 24.0 Å². The molecule has 1 atom stereocenters.